The van der Waals surface area contributed by atoms with E-state index < -0.39 is 0 Å². The van der Waals surface area contributed by atoms with Crippen LogP contribution in [0.3, 0.4) is 0 Å². The Bertz CT molecular complexity index is 1630. The Hall–Kier alpha value is -3.75. The number of aromatic nitrogens is 6. The van der Waals surface area contributed by atoms with Crippen molar-refractivity contribution >= 4 is 72.8 Å². The maximum atomic E-state index is 6.42. The average molecular weight is 494 g/mol. The molecule has 6 aromatic rings. The number of H-pyrrole nitrogens is 4. The third-order valence-corrected chi connectivity index (χ3v) is 6.33. The van der Waals surface area contributed by atoms with E-state index in [4.69, 9.17) is 33.7 Å². The number of aryl methyl sites for hydroxylation is 1. The first-order chi connectivity index (χ1) is 16.5. The van der Waals surface area contributed by atoms with Crippen molar-refractivity contribution in [1.82, 2.24) is 29.9 Å². The standard InChI is InChI=1S/C24H21Cl2N7O/c1-12-11-28-24(27)32-33(31-12)6-7-34-23-21-17(15-8-13(25)2-4-19(15)29-21)10-18-16-9-14(26)3-5-20(16)30-22(18)23/h2-5,8-11,29-31H,6-7H2,1H3,(H3,27,28,32). The van der Waals surface area contributed by atoms with Gasteiger partial charge in [0, 0.05) is 48.3 Å². The maximum Gasteiger partial charge on any atom is 0.213 e. The molecule has 0 amide bonds. The van der Waals surface area contributed by atoms with Crippen molar-refractivity contribution in [2.24, 2.45) is 0 Å². The van der Waals surface area contributed by atoms with Crippen molar-refractivity contribution in [2.75, 3.05) is 12.3 Å². The molecule has 0 saturated heterocycles. The lowest BCUT2D eigenvalue weighted by Crippen LogP contribution is -2.14. The summed E-state index contributed by atoms with van der Waals surface area (Å²) in [6.07, 6.45) is 1.67. The molecular weight excluding hydrogens is 473 g/mol. The highest BCUT2D eigenvalue weighted by Gasteiger charge is 2.18. The quantitative estimate of drug-likeness (QED) is 0.201. The number of rotatable bonds is 4. The van der Waals surface area contributed by atoms with Crippen molar-refractivity contribution < 1.29 is 4.74 Å². The lowest BCUT2D eigenvalue weighted by atomic mass is 10.1. The van der Waals surface area contributed by atoms with E-state index in [1.165, 1.54) is 0 Å². The molecule has 172 valence electrons. The lowest BCUT2D eigenvalue weighted by molar-refractivity contribution is 0.284. The lowest BCUT2D eigenvalue weighted by Gasteiger charge is -2.11. The largest absolute Gasteiger partial charge is 0.487 e. The van der Waals surface area contributed by atoms with Gasteiger partial charge in [-0.05, 0) is 49.4 Å². The number of hydrogen-bond acceptors (Lipinski definition) is 3. The van der Waals surface area contributed by atoms with E-state index in [0.29, 0.717) is 29.1 Å². The fraction of sp³-hybridized carbons (Fsp3) is 0.125. The smallest absolute Gasteiger partial charge is 0.213 e. The zero-order valence-corrected chi connectivity index (χ0v) is 19.7. The van der Waals surface area contributed by atoms with Crippen LogP contribution in [0.1, 0.15) is 5.69 Å². The molecule has 3 aromatic heterocycles. The Morgan fingerprint density at radius 2 is 1.50 bits per heavy atom. The summed E-state index contributed by atoms with van der Waals surface area (Å²) < 4.78 is 6.42. The van der Waals surface area contributed by atoms with Gasteiger partial charge in [-0.3, -0.25) is 10.2 Å². The van der Waals surface area contributed by atoms with E-state index in [1.54, 1.807) is 11.0 Å². The van der Waals surface area contributed by atoms with Gasteiger partial charge in [-0.2, -0.15) is 0 Å². The summed E-state index contributed by atoms with van der Waals surface area (Å²) in [5, 5.41) is 11.7. The van der Waals surface area contributed by atoms with Gasteiger partial charge in [0.2, 0.25) is 5.95 Å². The van der Waals surface area contributed by atoms with E-state index in [0.717, 1.165) is 55.1 Å². The number of nitrogens with zero attached hydrogens (tertiary/aromatic N) is 2. The molecule has 3 heterocycles. The Morgan fingerprint density at radius 3 is 2.12 bits per heavy atom. The highest BCUT2D eigenvalue weighted by Crippen LogP contribution is 2.41. The third-order valence-electron chi connectivity index (χ3n) is 5.86. The normalized spacial score (nSPS) is 11.7. The van der Waals surface area contributed by atoms with Crippen LogP contribution in [0.5, 0.6) is 5.75 Å². The topological polar surface area (TPSA) is 116 Å². The second-order valence-electron chi connectivity index (χ2n) is 8.23. The number of aromatic amines is 4. The van der Waals surface area contributed by atoms with Crippen LogP contribution in [-0.4, -0.2) is 36.6 Å². The van der Waals surface area contributed by atoms with Crippen LogP contribution in [0.25, 0.3) is 43.6 Å². The van der Waals surface area contributed by atoms with E-state index >= 15 is 0 Å². The van der Waals surface area contributed by atoms with Gasteiger partial charge < -0.3 is 20.4 Å². The molecule has 0 unspecified atom stereocenters. The predicted molar refractivity (Wildman–Crippen MR) is 138 cm³/mol. The zero-order valence-electron chi connectivity index (χ0n) is 18.2. The Labute approximate surface area is 203 Å². The molecule has 8 nitrogen and oxygen atoms in total. The molecule has 6 N–H and O–H groups in total. The van der Waals surface area contributed by atoms with E-state index in [9.17, 15) is 0 Å². The van der Waals surface area contributed by atoms with Crippen molar-refractivity contribution in [2.45, 2.75) is 13.5 Å². The minimum atomic E-state index is 0.300. The monoisotopic (exact) mass is 493 g/mol. The number of ether oxygens (including phenoxy) is 1. The first kappa shape index (κ1) is 20.8. The molecule has 6 rings (SSSR count). The Kier molecular flexibility index (Phi) is 4.86. The van der Waals surface area contributed by atoms with Crippen molar-refractivity contribution in [1.29, 1.82) is 0 Å². The van der Waals surface area contributed by atoms with Gasteiger partial charge in [0.15, 0.2) is 5.75 Å². The molecule has 0 saturated carbocycles. The number of anilines is 1. The molecule has 34 heavy (non-hydrogen) atoms. The fourth-order valence-electron chi connectivity index (χ4n) is 4.40. The first-order valence-corrected chi connectivity index (χ1v) is 11.5. The molecule has 0 atom stereocenters. The number of nitrogens with two attached hydrogens (primary N) is 1. The number of halogens is 2. The van der Waals surface area contributed by atoms with Gasteiger partial charge in [0.1, 0.15) is 6.61 Å². The second-order valence-corrected chi connectivity index (χ2v) is 9.10. The molecule has 3 aromatic carbocycles. The van der Waals surface area contributed by atoms with Gasteiger partial charge in [-0.25, -0.2) is 9.78 Å². The molecule has 0 bridgehead atoms. The number of fused-ring (bicyclic) bond motifs is 6. The summed E-state index contributed by atoms with van der Waals surface area (Å²) in [5.41, 5.74) is 10.5. The van der Waals surface area contributed by atoms with Crippen LogP contribution in [0.4, 0.5) is 5.95 Å². The summed E-state index contributed by atoms with van der Waals surface area (Å²) in [7, 11) is 0. The SMILES string of the molecule is Cc1cnc(N)[nH]n(CCOc2c3[nH]c4ccc(Cl)cc4c3cc3c2[nH]c2ccc(Cl)cc23)[nH]1. The maximum absolute atomic E-state index is 6.42. The summed E-state index contributed by atoms with van der Waals surface area (Å²) in [5.74, 6) is 1.03. The van der Waals surface area contributed by atoms with Crippen LogP contribution in [-0.2, 0) is 6.54 Å². The predicted octanol–water partition coefficient (Wildman–Crippen LogP) is 6.21. The molecule has 10 heteroatoms. The molecular formula is C24H21Cl2N7O. The minimum absolute atomic E-state index is 0.300. The van der Waals surface area contributed by atoms with Crippen LogP contribution in [0.15, 0.2) is 48.7 Å². The summed E-state index contributed by atoms with van der Waals surface area (Å²) >= 11 is 12.6. The second kappa shape index (κ2) is 7.93. The summed E-state index contributed by atoms with van der Waals surface area (Å²) in [6.45, 7) is 2.78. The number of nitrogens with one attached hydrogen (secondary N) is 4. The first-order valence-electron chi connectivity index (χ1n) is 10.7. The van der Waals surface area contributed by atoms with Crippen LogP contribution >= 0.6 is 23.2 Å². The average Bonchev–Trinajstić information content (AvgIpc) is 3.29. The van der Waals surface area contributed by atoms with Crippen molar-refractivity contribution in [3.63, 3.8) is 0 Å². The summed E-state index contributed by atoms with van der Waals surface area (Å²) in [6, 6.07) is 13.8. The van der Waals surface area contributed by atoms with Crippen LogP contribution in [0.2, 0.25) is 10.0 Å². The molecule has 0 aliphatic carbocycles. The van der Waals surface area contributed by atoms with Gasteiger partial charge in [-0.15, -0.1) is 0 Å². The highest BCUT2D eigenvalue weighted by molar-refractivity contribution is 6.33. The van der Waals surface area contributed by atoms with Gasteiger partial charge in [0.05, 0.1) is 23.8 Å². The Balaban J connectivity index is 1.52. The summed E-state index contributed by atoms with van der Waals surface area (Å²) in [4.78, 5) is 12.9. The highest BCUT2D eigenvalue weighted by atomic mass is 35.5. The minimum Gasteiger partial charge on any atom is -0.487 e. The fourth-order valence-corrected chi connectivity index (χ4v) is 4.74. The number of nitrogen functional groups attached to an aromatic ring is 1. The van der Waals surface area contributed by atoms with E-state index in [1.807, 2.05) is 43.3 Å². The van der Waals surface area contributed by atoms with Crippen LogP contribution < -0.4 is 10.5 Å². The van der Waals surface area contributed by atoms with E-state index in [-0.39, 0.29) is 0 Å². The van der Waals surface area contributed by atoms with Gasteiger partial charge in [-0.1, -0.05) is 23.2 Å². The number of hydrogen-bond donors (Lipinski definition) is 5. The molecule has 0 aliphatic heterocycles. The van der Waals surface area contributed by atoms with E-state index in [2.05, 4.69) is 31.2 Å². The van der Waals surface area contributed by atoms with Crippen LogP contribution in [0, 0.1) is 6.92 Å². The molecule has 0 spiro atoms. The van der Waals surface area contributed by atoms with Crippen molar-refractivity contribution in [3.8, 4) is 5.75 Å². The molecule has 0 fully saturated rings. The Morgan fingerprint density at radius 1 is 0.882 bits per heavy atom. The zero-order chi connectivity index (χ0) is 23.4. The molecule has 0 aliphatic rings. The van der Waals surface area contributed by atoms with Gasteiger partial charge >= 0.3 is 0 Å². The molecule has 0 radical (unpaired) electrons. The third kappa shape index (κ3) is 3.52. The van der Waals surface area contributed by atoms with Crippen molar-refractivity contribution in [3.05, 3.63) is 64.4 Å². The number of benzene rings is 3. The van der Waals surface area contributed by atoms with Gasteiger partial charge in [0.25, 0.3) is 0 Å².